The monoisotopic (exact) mass is 178 g/mol. The molecular formula is C11H11FO. The quantitative estimate of drug-likeness (QED) is 0.684. The van der Waals surface area contributed by atoms with Crippen LogP contribution in [0.3, 0.4) is 0 Å². The lowest BCUT2D eigenvalue weighted by atomic mass is 10.2. The van der Waals surface area contributed by atoms with Gasteiger partial charge in [0, 0.05) is 18.6 Å². The van der Waals surface area contributed by atoms with E-state index in [1.807, 2.05) is 30.3 Å². The fourth-order valence-electron chi connectivity index (χ4n) is 0.869. The first-order valence-electron chi connectivity index (χ1n) is 4.14. The summed E-state index contributed by atoms with van der Waals surface area (Å²) in [6.45, 7) is -0.162. The number of hydrogen-bond donors (Lipinski definition) is 1. The topological polar surface area (TPSA) is 20.2 Å². The molecule has 0 fully saturated rings. The van der Waals surface area contributed by atoms with Gasteiger partial charge in [0.2, 0.25) is 0 Å². The first-order valence-corrected chi connectivity index (χ1v) is 4.14. The number of hydrogen-bond acceptors (Lipinski definition) is 1. The highest BCUT2D eigenvalue weighted by Gasteiger charge is 1.98. The summed E-state index contributed by atoms with van der Waals surface area (Å²) in [6.07, 6.45) is -1.15. The van der Waals surface area contributed by atoms with Crippen molar-refractivity contribution >= 4 is 0 Å². The third-order valence-electron chi connectivity index (χ3n) is 1.53. The lowest BCUT2D eigenvalue weighted by Crippen LogP contribution is -1.98. The van der Waals surface area contributed by atoms with E-state index < -0.39 is 6.17 Å². The Labute approximate surface area is 77.2 Å². The van der Waals surface area contributed by atoms with Crippen molar-refractivity contribution in [3.8, 4) is 11.8 Å². The average molecular weight is 178 g/mol. The second-order valence-corrected chi connectivity index (χ2v) is 2.62. The molecule has 0 saturated carbocycles. The van der Waals surface area contributed by atoms with E-state index >= 15 is 0 Å². The van der Waals surface area contributed by atoms with Crippen molar-refractivity contribution in [1.29, 1.82) is 0 Å². The molecule has 1 nitrogen and oxygen atoms in total. The molecule has 1 aromatic carbocycles. The van der Waals surface area contributed by atoms with Gasteiger partial charge in [0.1, 0.15) is 0 Å². The maximum absolute atomic E-state index is 12.8. The van der Waals surface area contributed by atoms with Gasteiger partial charge in [0.05, 0.1) is 0 Å². The fraction of sp³-hybridized carbons (Fsp3) is 0.273. The van der Waals surface area contributed by atoms with Gasteiger partial charge in [-0.2, -0.15) is 0 Å². The van der Waals surface area contributed by atoms with E-state index in [2.05, 4.69) is 11.8 Å². The van der Waals surface area contributed by atoms with Crippen molar-refractivity contribution in [1.82, 2.24) is 0 Å². The molecule has 1 N–H and O–H groups in total. The van der Waals surface area contributed by atoms with Crippen LogP contribution >= 0.6 is 0 Å². The summed E-state index contributed by atoms with van der Waals surface area (Å²) in [5, 5.41) is 8.43. The minimum atomic E-state index is -1.23. The summed E-state index contributed by atoms with van der Waals surface area (Å²) in [5.41, 5.74) is 0.795. The molecule has 1 rings (SSSR count). The van der Waals surface area contributed by atoms with E-state index in [9.17, 15) is 4.39 Å². The van der Waals surface area contributed by atoms with Gasteiger partial charge in [-0.05, 0) is 12.1 Å². The number of halogens is 1. The summed E-state index contributed by atoms with van der Waals surface area (Å²) in [6, 6.07) is 9.22. The van der Waals surface area contributed by atoms with Crippen LogP contribution in [0.2, 0.25) is 0 Å². The van der Waals surface area contributed by atoms with Crippen LogP contribution in [0.25, 0.3) is 0 Å². The molecule has 0 aliphatic rings. The summed E-state index contributed by atoms with van der Waals surface area (Å²) in [7, 11) is 0. The Morgan fingerprint density at radius 2 is 2.00 bits per heavy atom. The SMILES string of the molecule is OCCC(F)C#Cc1ccccc1. The average Bonchev–Trinajstić information content (AvgIpc) is 2.17. The van der Waals surface area contributed by atoms with Crippen LogP contribution in [0.4, 0.5) is 4.39 Å². The molecular weight excluding hydrogens is 167 g/mol. The Hall–Kier alpha value is -1.33. The third kappa shape index (κ3) is 3.73. The maximum atomic E-state index is 12.8. The Kier molecular flexibility index (Phi) is 4.01. The molecule has 0 heterocycles. The number of aliphatic hydroxyl groups excluding tert-OH is 1. The van der Waals surface area contributed by atoms with Gasteiger partial charge in [-0.1, -0.05) is 30.0 Å². The van der Waals surface area contributed by atoms with Crippen LogP contribution in [0.5, 0.6) is 0 Å². The maximum Gasteiger partial charge on any atom is 0.163 e. The summed E-state index contributed by atoms with van der Waals surface area (Å²) < 4.78 is 12.8. The van der Waals surface area contributed by atoms with Gasteiger partial charge in [0.15, 0.2) is 6.17 Å². The molecule has 0 radical (unpaired) electrons. The molecule has 0 aliphatic heterocycles. The smallest absolute Gasteiger partial charge is 0.163 e. The van der Waals surface area contributed by atoms with Crippen LogP contribution in [0, 0.1) is 11.8 Å². The zero-order valence-corrected chi connectivity index (χ0v) is 7.20. The molecule has 0 aliphatic carbocycles. The Morgan fingerprint density at radius 3 is 2.62 bits per heavy atom. The van der Waals surface area contributed by atoms with Gasteiger partial charge >= 0.3 is 0 Å². The number of alkyl halides is 1. The van der Waals surface area contributed by atoms with Gasteiger partial charge in [-0.15, -0.1) is 0 Å². The minimum Gasteiger partial charge on any atom is -0.396 e. The largest absolute Gasteiger partial charge is 0.396 e. The van der Waals surface area contributed by atoms with Crippen LogP contribution in [0.1, 0.15) is 12.0 Å². The van der Waals surface area contributed by atoms with E-state index in [4.69, 9.17) is 5.11 Å². The van der Waals surface area contributed by atoms with Crippen molar-refractivity contribution in [2.24, 2.45) is 0 Å². The highest BCUT2D eigenvalue weighted by Crippen LogP contribution is 1.98. The lowest BCUT2D eigenvalue weighted by molar-refractivity contribution is 0.248. The normalized spacial score (nSPS) is 11.5. The predicted octanol–water partition coefficient (Wildman–Crippen LogP) is 1.76. The number of aliphatic hydroxyl groups is 1. The molecule has 1 unspecified atom stereocenters. The molecule has 1 atom stereocenters. The summed E-state index contributed by atoms with van der Waals surface area (Å²) in [5.74, 6) is 5.12. The van der Waals surface area contributed by atoms with Crippen molar-refractivity contribution in [2.75, 3.05) is 6.61 Å². The Balaban J connectivity index is 2.57. The van der Waals surface area contributed by atoms with Crippen LogP contribution < -0.4 is 0 Å². The highest BCUT2D eigenvalue weighted by molar-refractivity contribution is 5.34. The molecule has 0 spiro atoms. The fourth-order valence-corrected chi connectivity index (χ4v) is 0.869. The van der Waals surface area contributed by atoms with Crippen molar-refractivity contribution in [2.45, 2.75) is 12.6 Å². The number of benzene rings is 1. The molecule has 0 amide bonds. The zero-order chi connectivity index (χ0) is 9.52. The Morgan fingerprint density at radius 1 is 1.31 bits per heavy atom. The van der Waals surface area contributed by atoms with Gasteiger partial charge in [-0.25, -0.2) is 4.39 Å². The Bertz CT molecular complexity index is 297. The van der Waals surface area contributed by atoms with Gasteiger partial charge in [0.25, 0.3) is 0 Å². The molecule has 1 aromatic rings. The van der Waals surface area contributed by atoms with E-state index in [0.29, 0.717) is 0 Å². The van der Waals surface area contributed by atoms with Crippen molar-refractivity contribution in [3.63, 3.8) is 0 Å². The molecule has 0 aromatic heterocycles. The van der Waals surface area contributed by atoms with Crippen LogP contribution in [-0.2, 0) is 0 Å². The molecule has 13 heavy (non-hydrogen) atoms. The second kappa shape index (κ2) is 5.34. The first kappa shape index (κ1) is 9.76. The molecule has 0 saturated heterocycles. The lowest BCUT2D eigenvalue weighted by Gasteiger charge is -1.94. The van der Waals surface area contributed by atoms with Gasteiger partial charge < -0.3 is 5.11 Å². The molecule has 68 valence electrons. The van der Waals surface area contributed by atoms with E-state index in [0.717, 1.165) is 5.56 Å². The van der Waals surface area contributed by atoms with Crippen LogP contribution in [-0.4, -0.2) is 17.9 Å². The first-order chi connectivity index (χ1) is 6.33. The second-order valence-electron chi connectivity index (χ2n) is 2.62. The molecule has 2 heteroatoms. The number of rotatable bonds is 2. The van der Waals surface area contributed by atoms with Gasteiger partial charge in [-0.3, -0.25) is 0 Å². The van der Waals surface area contributed by atoms with Crippen LogP contribution in [0.15, 0.2) is 30.3 Å². The highest BCUT2D eigenvalue weighted by atomic mass is 19.1. The predicted molar refractivity (Wildman–Crippen MR) is 49.9 cm³/mol. The summed E-state index contributed by atoms with van der Waals surface area (Å²) >= 11 is 0. The zero-order valence-electron chi connectivity index (χ0n) is 7.20. The minimum absolute atomic E-state index is 0.0832. The summed E-state index contributed by atoms with van der Waals surface area (Å²) in [4.78, 5) is 0. The molecule has 0 bridgehead atoms. The van der Waals surface area contributed by atoms with E-state index in [1.165, 1.54) is 0 Å². The standard InChI is InChI=1S/C11H11FO/c12-11(8-9-13)7-6-10-4-2-1-3-5-10/h1-5,11,13H,8-9H2. The van der Waals surface area contributed by atoms with Crippen molar-refractivity contribution in [3.05, 3.63) is 35.9 Å². The van der Waals surface area contributed by atoms with E-state index in [-0.39, 0.29) is 13.0 Å². The third-order valence-corrected chi connectivity index (χ3v) is 1.53. The van der Waals surface area contributed by atoms with E-state index in [1.54, 1.807) is 0 Å². The van der Waals surface area contributed by atoms with Crippen molar-refractivity contribution < 1.29 is 9.50 Å².